The number of H-pyrrole nitrogens is 1. The zero-order valence-electron chi connectivity index (χ0n) is 9.29. The Morgan fingerprint density at radius 3 is 2.93 bits per heavy atom. The highest BCUT2D eigenvalue weighted by molar-refractivity contribution is 7.71. The molecule has 84 valence electrons. The summed E-state index contributed by atoms with van der Waals surface area (Å²) in [4.78, 5) is 3.02. The summed E-state index contributed by atoms with van der Waals surface area (Å²) in [7, 11) is 0. The van der Waals surface area contributed by atoms with Gasteiger partial charge in [-0.15, -0.1) is 0 Å². The molecule has 1 aromatic rings. The van der Waals surface area contributed by atoms with Gasteiger partial charge in [-0.3, -0.25) is 0 Å². The Labute approximate surface area is 95.1 Å². The van der Waals surface area contributed by atoms with E-state index in [9.17, 15) is 5.11 Å². The molecule has 1 aliphatic carbocycles. The van der Waals surface area contributed by atoms with Gasteiger partial charge in [-0.25, -0.2) is 0 Å². The van der Waals surface area contributed by atoms with E-state index >= 15 is 0 Å². The predicted molar refractivity (Wildman–Crippen MR) is 62.2 cm³/mol. The number of aromatic nitrogens is 2. The van der Waals surface area contributed by atoms with E-state index in [2.05, 4.69) is 23.4 Å². The minimum absolute atomic E-state index is 0.0553. The monoisotopic (exact) mass is 226 g/mol. The Balaban J connectivity index is 2.44. The number of nitrogens with one attached hydrogen (secondary N) is 1. The number of hydrogen-bond acceptors (Lipinski definition) is 2. The van der Waals surface area contributed by atoms with Crippen LogP contribution < -0.4 is 0 Å². The lowest BCUT2D eigenvalue weighted by Gasteiger charge is -2.29. The maximum absolute atomic E-state index is 9.28. The molecule has 1 heterocycles. The van der Waals surface area contributed by atoms with Gasteiger partial charge in [0.15, 0.2) is 4.77 Å². The van der Waals surface area contributed by atoms with Crippen molar-refractivity contribution >= 4 is 12.2 Å². The number of aromatic amines is 1. The average Bonchev–Trinajstić information content (AvgIpc) is 2.68. The standard InChI is InChI=1S/C11H18N2OS/c1-11(2)5-3-4-9(11)13-8(7-14)6-12-10(13)15/h6,9,14H,3-5,7H2,1-2H3,(H,12,15). The smallest absolute Gasteiger partial charge is 0.177 e. The van der Waals surface area contributed by atoms with Gasteiger partial charge < -0.3 is 14.7 Å². The fraction of sp³-hybridized carbons (Fsp3) is 0.727. The molecular formula is C11H18N2OS. The van der Waals surface area contributed by atoms with Crippen LogP contribution in [0.5, 0.6) is 0 Å². The van der Waals surface area contributed by atoms with Crippen LogP contribution in [-0.4, -0.2) is 14.7 Å². The molecule has 1 fully saturated rings. The van der Waals surface area contributed by atoms with E-state index in [0.717, 1.165) is 16.9 Å². The van der Waals surface area contributed by atoms with Gasteiger partial charge in [0.1, 0.15) is 0 Å². The Morgan fingerprint density at radius 2 is 2.40 bits per heavy atom. The van der Waals surface area contributed by atoms with Gasteiger partial charge in [-0.1, -0.05) is 20.3 Å². The summed E-state index contributed by atoms with van der Waals surface area (Å²) in [5.41, 5.74) is 1.18. The van der Waals surface area contributed by atoms with Crippen LogP contribution >= 0.6 is 12.2 Å². The molecule has 0 amide bonds. The molecule has 1 aliphatic rings. The first-order valence-electron chi connectivity index (χ1n) is 5.46. The third-order valence-electron chi connectivity index (χ3n) is 3.56. The lowest BCUT2D eigenvalue weighted by atomic mass is 9.87. The van der Waals surface area contributed by atoms with Crippen molar-refractivity contribution in [3.05, 3.63) is 16.7 Å². The summed E-state index contributed by atoms with van der Waals surface area (Å²) in [5.74, 6) is 0. The molecule has 2 N–H and O–H groups in total. The summed E-state index contributed by atoms with van der Waals surface area (Å²) >= 11 is 5.27. The summed E-state index contributed by atoms with van der Waals surface area (Å²) in [6, 6.07) is 0.429. The molecule has 0 aromatic carbocycles. The second kappa shape index (κ2) is 3.76. The zero-order valence-corrected chi connectivity index (χ0v) is 10.1. The Morgan fingerprint density at radius 1 is 1.67 bits per heavy atom. The van der Waals surface area contributed by atoms with Crippen LogP contribution in [0.4, 0.5) is 0 Å². The van der Waals surface area contributed by atoms with Gasteiger partial charge >= 0.3 is 0 Å². The van der Waals surface area contributed by atoms with Gasteiger partial charge in [0.2, 0.25) is 0 Å². The van der Waals surface area contributed by atoms with Crippen molar-refractivity contribution in [3.63, 3.8) is 0 Å². The van der Waals surface area contributed by atoms with Gasteiger partial charge in [0.25, 0.3) is 0 Å². The molecule has 0 bridgehead atoms. The molecule has 4 heteroatoms. The van der Waals surface area contributed by atoms with Crippen molar-refractivity contribution in [2.45, 2.75) is 45.8 Å². The molecule has 1 atom stereocenters. The summed E-state index contributed by atoms with van der Waals surface area (Å²) in [6.07, 6.45) is 5.45. The number of nitrogens with zero attached hydrogens (tertiary/aromatic N) is 1. The molecule has 1 aromatic heterocycles. The van der Waals surface area contributed by atoms with Crippen LogP contribution in [0.2, 0.25) is 0 Å². The van der Waals surface area contributed by atoms with E-state index in [-0.39, 0.29) is 12.0 Å². The van der Waals surface area contributed by atoms with Gasteiger partial charge in [0, 0.05) is 12.2 Å². The number of hydrogen-bond donors (Lipinski definition) is 2. The molecular weight excluding hydrogens is 208 g/mol. The van der Waals surface area contributed by atoms with Crippen LogP contribution in [0, 0.1) is 10.2 Å². The molecule has 0 saturated heterocycles. The minimum Gasteiger partial charge on any atom is -0.390 e. The highest BCUT2D eigenvalue weighted by Crippen LogP contribution is 2.46. The highest BCUT2D eigenvalue weighted by atomic mass is 32.1. The topological polar surface area (TPSA) is 41.0 Å². The first kappa shape index (κ1) is 10.9. The molecule has 15 heavy (non-hydrogen) atoms. The molecule has 2 rings (SSSR count). The molecule has 1 unspecified atom stereocenters. The van der Waals surface area contributed by atoms with E-state index in [1.807, 2.05) is 6.20 Å². The fourth-order valence-corrected chi connectivity index (χ4v) is 2.97. The Bertz CT molecular complexity index is 405. The third-order valence-corrected chi connectivity index (χ3v) is 3.88. The number of aliphatic hydroxyl groups excluding tert-OH is 1. The van der Waals surface area contributed by atoms with Crippen LogP contribution in [0.3, 0.4) is 0 Å². The lowest BCUT2D eigenvalue weighted by molar-refractivity contribution is 0.226. The molecule has 1 saturated carbocycles. The summed E-state index contributed by atoms with van der Waals surface area (Å²) in [5, 5.41) is 9.28. The second-order valence-electron chi connectivity index (χ2n) is 5.01. The van der Waals surface area contributed by atoms with E-state index in [0.29, 0.717) is 6.04 Å². The van der Waals surface area contributed by atoms with Crippen molar-refractivity contribution in [2.24, 2.45) is 5.41 Å². The maximum Gasteiger partial charge on any atom is 0.177 e. The fourth-order valence-electron chi connectivity index (χ4n) is 2.67. The van der Waals surface area contributed by atoms with Crippen molar-refractivity contribution in [1.82, 2.24) is 9.55 Å². The lowest BCUT2D eigenvalue weighted by Crippen LogP contribution is -2.23. The van der Waals surface area contributed by atoms with E-state index in [1.165, 1.54) is 12.8 Å². The highest BCUT2D eigenvalue weighted by Gasteiger charge is 2.36. The van der Waals surface area contributed by atoms with E-state index in [1.54, 1.807) is 0 Å². The van der Waals surface area contributed by atoms with Gasteiger partial charge in [-0.2, -0.15) is 0 Å². The van der Waals surface area contributed by atoms with Crippen molar-refractivity contribution in [3.8, 4) is 0 Å². The van der Waals surface area contributed by atoms with Crippen LogP contribution in [-0.2, 0) is 6.61 Å². The van der Waals surface area contributed by atoms with Crippen molar-refractivity contribution in [1.29, 1.82) is 0 Å². The largest absolute Gasteiger partial charge is 0.390 e. The normalized spacial score (nSPS) is 24.6. The van der Waals surface area contributed by atoms with Crippen LogP contribution in [0.15, 0.2) is 6.20 Å². The molecule has 3 nitrogen and oxygen atoms in total. The van der Waals surface area contributed by atoms with Gasteiger partial charge in [0.05, 0.1) is 12.3 Å². The van der Waals surface area contributed by atoms with Crippen molar-refractivity contribution < 1.29 is 5.11 Å². The van der Waals surface area contributed by atoms with E-state index < -0.39 is 0 Å². The zero-order chi connectivity index (χ0) is 11.1. The minimum atomic E-state index is 0.0553. The van der Waals surface area contributed by atoms with Crippen LogP contribution in [0.25, 0.3) is 0 Å². The van der Waals surface area contributed by atoms with E-state index in [4.69, 9.17) is 12.2 Å². The molecule has 0 spiro atoms. The number of imidazole rings is 1. The summed E-state index contributed by atoms with van der Waals surface area (Å²) in [6.45, 7) is 4.61. The SMILES string of the molecule is CC1(C)CCCC1n1c(CO)c[nH]c1=S. The molecule has 0 aliphatic heterocycles. The Hall–Kier alpha value is -0.610. The number of aliphatic hydroxyl groups is 1. The first-order chi connectivity index (χ1) is 7.06. The Kier molecular flexibility index (Phi) is 2.73. The quantitative estimate of drug-likeness (QED) is 0.761. The van der Waals surface area contributed by atoms with Crippen molar-refractivity contribution in [2.75, 3.05) is 0 Å². The maximum atomic E-state index is 9.28. The first-order valence-corrected chi connectivity index (χ1v) is 5.87. The second-order valence-corrected chi connectivity index (χ2v) is 5.40. The predicted octanol–water partition coefficient (Wildman–Crippen LogP) is 2.79. The third kappa shape index (κ3) is 1.76. The summed E-state index contributed by atoms with van der Waals surface area (Å²) < 4.78 is 2.83. The van der Waals surface area contributed by atoms with Crippen LogP contribution in [0.1, 0.15) is 44.8 Å². The molecule has 0 radical (unpaired) electrons. The number of rotatable bonds is 2. The van der Waals surface area contributed by atoms with Gasteiger partial charge in [-0.05, 0) is 30.5 Å². The average molecular weight is 226 g/mol.